The van der Waals surface area contributed by atoms with Crippen LogP contribution in [0.3, 0.4) is 0 Å². The van der Waals surface area contributed by atoms with Crippen LogP contribution in [0, 0.1) is 32.6 Å². The molecule has 0 saturated carbocycles. The monoisotopic (exact) mass is 675 g/mol. The number of benzene rings is 1. The summed E-state index contributed by atoms with van der Waals surface area (Å²) in [4.78, 5) is 35.3. The number of ether oxygens (including phenoxy) is 1. The lowest BCUT2D eigenvalue weighted by Gasteiger charge is -2.17. The fraction of sp³-hybridized carbons (Fsp3) is 0.459. The molecule has 0 bridgehead atoms. The number of aromatic carboxylic acids is 1. The molecule has 1 atom stereocenters. The second-order valence-electron chi connectivity index (χ2n) is 13.0. The van der Waals surface area contributed by atoms with Gasteiger partial charge in [-0.2, -0.15) is 4.98 Å². The number of amides is 1. The number of rotatable bonds is 14. The highest BCUT2D eigenvalue weighted by Gasteiger charge is 2.18. The Morgan fingerprint density at radius 1 is 0.898 bits per heavy atom. The van der Waals surface area contributed by atoms with Crippen molar-refractivity contribution in [2.45, 2.75) is 80.8 Å². The first-order chi connectivity index (χ1) is 23.2. The second kappa shape index (κ2) is 18.2. The second-order valence-corrected chi connectivity index (χ2v) is 13.0. The fourth-order valence-electron chi connectivity index (χ4n) is 5.16. The number of carboxylic acids is 1. The van der Waals surface area contributed by atoms with E-state index in [9.17, 15) is 14.7 Å². The van der Waals surface area contributed by atoms with E-state index in [1.807, 2.05) is 52.0 Å². The number of carboxylic acid groups (broad SMARTS) is 1. The third kappa shape index (κ3) is 12.1. The van der Waals surface area contributed by atoms with Gasteiger partial charge in [0.05, 0.1) is 0 Å². The lowest BCUT2D eigenvalue weighted by atomic mass is 10.0. The summed E-state index contributed by atoms with van der Waals surface area (Å²) >= 11 is 0. The van der Waals surface area contributed by atoms with Crippen molar-refractivity contribution >= 4 is 11.9 Å². The lowest BCUT2D eigenvalue weighted by Crippen LogP contribution is -2.36. The molecule has 12 heteroatoms. The summed E-state index contributed by atoms with van der Waals surface area (Å²) in [5.41, 5.74) is 7.30. The van der Waals surface area contributed by atoms with Gasteiger partial charge in [-0.15, -0.1) is 0 Å². The van der Waals surface area contributed by atoms with Crippen molar-refractivity contribution in [3.8, 4) is 28.7 Å². The van der Waals surface area contributed by atoms with Crippen molar-refractivity contribution in [2.24, 2.45) is 11.8 Å². The molecule has 4 aromatic rings. The Kier molecular flexibility index (Phi) is 14.4. The summed E-state index contributed by atoms with van der Waals surface area (Å²) in [7, 11) is 0. The SMILES string of the molecule is CCc1cc(-c2noc(-c3cc(C)cc(CC(C)C)n3)n2)cc(C)c1OC[C@@H](O)CNC(=O)CO.Cc1cc(CC(C)C)nc(C(=O)O)c1. The number of nitrogens with zero attached hydrogens (tertiary/aromatic N) is 4. The van der Waals surface area contributed by atoms with Crippen molar-refractivity contribution in [3.05, 3.63) is 75.7 Å². The van der Waals surface area contributed by atoms with Gasteiger partial charge in [0.15, 0.2) is 0 Å². The zero-order chi connectivity index (χ0) is 36.2. The van der Waals surface area contributed by atoms with E-state index >= 15 is 0 Å². The molecule has 0 unspecified atom stereocenters. The first-order valence-electron chi connectivity index (χ1n) is 16.5. The largest absolute Gasteiger partial charge is 0.490 e. The number of pyridine rings is 2. The predicted molar refractivity (Wildman–Crippen MR) is 186 cm³/mol. The summed E-state index contributed by atoms with van der Waals surface area (Å²) in [6.07, 6.45) is 1.49. The molecule has 3 aromatic heterocycles. The quantitative estimate of drug-likeness (QED) is 0.136. The van der Waals surface area contributed by atoms with Gasteiger partial charge in [0, 0.05) is 23.5 Å². The average Bonchev–Trinajstić information content (AvgIpc) is 3.52. The maximum atomic E-state index is 11.1. The van der Waals surface area contributed by atoms with E-state index in [0.717, 1.165) is 52.0 Å². The Morgan fingerprint density at radius 2 is 1.53 bits per heavy atom. The van der Waals surface area contributed by atoms with Gasteiger partial charge in [-0.3, -0.25) is 4.79 Å². The van der Waals surface area contributed by atoms with Gasteiger partial charge >= 0.3 is 5.97 Å². The number of aryl methyl sites for hydroxylation is 4. The van der Waals surface area contributed by atoms with Gasteiger partial charge in [0.1, 0.15) is 36.5 Å². The molecular formula is C37H49N5O7. The molecule has 1 aromatic carbocycles. The van der Waals surface area contributed by atoms with E-state index in [1.165, 1.54) is 0 Å². The van der Waals surface area contributed by atoms with Gasteiger partial charge in [-0.25, -0.2) is 14.8 Å². The number of carbonyl (C=O) groups excluding carboxylic acids is 1. The Bertz CT molecular complexity index is 1720. The molecule has 4 rings (SSSR count). The van der Waals surface area contributed by atoms with Crippen LogP contribution in [-0.4, -0.2) is 73.2 Å². The van der Waals surface area contributed by atoms with Crippen LogP contribution in [0.1, 0.15) is 78.7 Å². The van der Waals surface area contributed by atoms with Crippen molar-refractivity contribution < 1.29 is 34.2 Å². The van der Waals surface area contributed by atoms with Gasteiger partial charge < -0.3 is 29.9 Å². The van der Waals surface area contributed by atoms with Crippen LogP contribution in [0.5, 0.6) is 5.75 Å². The summed E-state index contributed by atoms with van der Waals surface area (Å²) in [6.45, 7) is 15.7. The third-order valence-electron chi connectivity index (χ3n) is 7.23. The van der Waals surface area contributed by atoms with Crippen molar-refractivity contribution in [2.75, 3.05) is 19.8 Å². The zero-order valence-corrected chi connectivity index (χ0v) is 29.7. The van der Waals surface area contributed by atoms with Crippen LogP contribution in [-0.2, 0) is 24.1 Å². The molecule has 0 aliphatic heterocycles. The van der Waals surface area contributed by atoms with E-state index in [-0.39, 0.29) is 18.8 Å². The molecule has 0 saturated heterocycles. The van der Waals surface area contributed by atoms with E-state index in [2.05, 4.69) is 54.2 Å². The minimum absolute atomic E-state index is 0.00297. The summed E-state index contributed by atoms with van der Waals surface area (Å²) in [5, 5.41) is 34.3. The number of hydrogen-bond donors (Lipinski definition) is 4. The van der Waals surface area contributed by atoms with Gasteiger partial charge in [-0.05, 0) is 111 Å². The average molecular weight is 676 g/mol. The molecule has 1 amide bonds. The molecule has 12 nitrogen and oxygen atoms in total. The third-order valence-corrected chi connectivity index (χ3v) is 7.23. The van der Waals surface area contributed by atoms with Crippen LogP contribution < -0.4 is 10.1 Å². The normalized spacial score (nSPS) is 11.7. The van der Waals surface area contributed by atoms with Crippen LogP contribution in [0.4, 0.5) is 0 Å². The first kappa shape index (κ1) is 38.8. The van der Waals surface area contributed by atoms with Crippen LogP contribution >= 0.6 is 0 Å². The summed E-state index contributed by atoms with van der Waals surface area (Å²) in [6, 6.07) is 11.4. The number of nitrogens with one attached hydrogen (secondary N) is 1. The number of hydrogen-bond acceptors (Lipinski definition) is 10. The summed E-state index contributed by atoms with van der Waals surface area (Å²) in [5.74, 6) is 0.987. The standard InChI is InChI=1S/C26H34N4O5.C11H15NO2/c1-6-18-11-19(10-17(5)24(18)34-14-21(32)12-27-23(33)13-31)25-29-26(35-30-25)22-9-16(4)8-20(28-22)7-15(2)3;1-7(2)4-9-5-8(3)6-10(12-9)11(13)14/h8-11,15,21,31-32H,6-7,12-14H2,1-5H3,(H,27,33);5-7H,4H2,1-3H3,(H,13,14)/t21-;/m0./s1. The molecule has 0 aliphatic rings. The van der Waals surface area contributed by atoms with Gasteiger partial charge in [0.25, 0.3) is 5.89 Å². The minimum atomic E-state index is -0.960. The Balaban J connectivity index is 0.000000388. The highest BCUT2D eigenvalue weighted by molar-refractivity contribution is 5.85. The highest BCUT2D eigenvalue weighted by Crippen LogP contribution is 2.31. The van der Waals surface area contributed by atoms with E-state index in [1.54, 1.807) is 6.07 Å². The maximum Gasteiger partial charge on any atom is 0.354 e. The van der Waals surface area contributed by atoms with Crippen LogP contribution in [0.15, 0.2) is 40.9 Å². The van der Waals surface area contributed by atoms with Crippen LogP contribution in [0.2, 0.25) is 0 Å². The molecule has 0 radical (unpaired) electrons. The molecule has 3 heterocycles. The molecule has 4 N–H and O–H groups in total. The maximum absolute atomic E-state index is 11.1. The fourth-order valence-corrected chi connectivity index (χ4v) is 5.16. The van der Waals surface area contributed by atoms with Gasteiger partial charge in [-0.1, -0.05) is 39.8 Å². The van der Waals surface area contributed by atoms with Crippen molar-refractivity contribution in [1.82, 2.24) is 25.4 Å². The number of aliphatic hydroxyl groups is 2. The molecule has 49 heavy (non-hydrogen) atoms. The smallest absolute Gasteiger partial charge is 0.354 e. The Labute approximate surface area is 288 Å². The molecule has 264 valence electrons. The molecular weight excluding hydrogens is 626 g/mol. The van der Waals surface area contributed by atoms with E-state index in [4.69, 9.17) is 24.5 Å². The number of aromatic nitrogens is 4. The highest BCUT2D eigenvalue weighted by atomic mass is 16.5. The van der Waals surface area contributed by atoms with Crippen molar-refractivity contribution in [1.29, 1.82) is 0 Å². The van der Waals surface area contributed by atoms with E-state index in [0.29, 0.717) is 41.4 Å². The first-order valence-corrected chi connectivity index (χ1v) is 16.5. The summed E-state index contributed by atoms with van der Waals surface area (Å²) < 4.78 is 11.4. The van der Waals surface area contributed by atoms with Gasteiger partial charge in [0.2, 0.25) is 11.7 Å². The predicted octanol–water partition coefficient (Wildman–Crippen LogP) is 5.31. The number of carbonyl (C=O) groups is 2. The number of aliphatic hydroxyl groups excluding tert-OH is 2. The molecule has 0 aliphatic carbocycles. The lowest BCUT2D eigenvalue weighted by molar-refractivity contribution is -0.124. The minimum Gasteiger partial charge on any atom is -0.490 e. The zero-order valence-electron chi connectivity index (χ0n) is 29.7. The van der Waals surface area contributed by atoms with Crippen molar-refractivity contribution in [3.63, 3.8) is 0 Å². The topological polar surface area (TPSA) is 181 Å². The van der Waals surface area contributed by atoms with E-state index < -0.39 is 24.6 Å². The Hall–Kier alpha value is -4.68. The Morgan fingerprint density at radius 3 is 2.12 bits per heavy atom. The molecule has 0 spiro atoms. The van der Waals surface area contributed by atoms with Crippen LogP contribution in [0.25, 0.3) is 23.0 Å². The molecule has 0 fully saturated rings.